The van der Waals surface area contributed by atoms with E-state index in [1.54, 1.807) is 18.2 Å². The van der Waals surface area contributed by atoms with E-state index in [4.69, 9.17) is 0 Å². The van der Waals surface area contributed by atoms with Gasteiger partial charge in [-0.25, -0.2) is 0 Å². The minimum absolute atomic E-state index is 0.179. The van der Waals surface area contributed by atoms with Crippen LogP contribution in [0.3, 0.4) is 0 Å². The molecule has 3 atom stereocenters. The molecule has 21 heavy (non-hydrogen) atoms. The quantitative estimate of drug-likeness (QED) is 0.628. The van der Waals surface area contributed by atoms with Crippen LogP contribution >= 0.6 is 11.8 Å². The summed E-state index contributed by atoms with van der Waals surface area (Å²) in [4.78, 5) is 10.6. The molecular weight excluding hydrogens is 284 g/mol. The lowest BCUT2D eigenvalue weighted by molar-refractivity contribution is -0.384. The Morgan fingerprint density at radius 3 is 2.95 bits per heavy atom. The van der Waals surface area contributed by atoms with Crippen molar-refractivity contribution in [2.24, 2.45) is 0 Å². The van der Waals surface area contributed by atoms with Crippen LogP contribution < -0.4 is 5.32 Å². The summed E-state index contributed by atoms with van der Waals surface area (Å²) in [6.07, 6.45) is 8.13. The van der Waals surface area contributed by atoms with E-state index in [2.05, 4.69) is 18.5 Å². The first-order valence-corrected chi connectivity index (χ1v) is 8.96. The molecule has 0 amide bonds. The Labute approximate surface area is 130 Å². The number of non-ortho nitro benzene ring substituents is 1. The monoisotopic (exact) mass is 308 g/mol. The van der Waals surface area contributed by atoms with E-state index in [9.17, 15) is 10.1 Å². The fraction of sp³-hybridized carbons (Fsp3) is 0.625. The van der Waals surface area contributed by atoms with E-state index >= 15 is 0 Å². The molecule has 5 heteroatoms. The average Bonchev–Trinajstić information content (AvgIpc) is 2.53. The third kappa shape index (κ3) is 4.45. The van der Waals surface area contributed by atoms with Crippen molar-refractivity contribution in [2.75, 3.05) is 6.26 Å². The summed E-state index contributed by atoms with van der Waals surface area (Å²) in [5, 5.41) is 15.4. The van der Waals surface area contributed by atoms with E-state index in [1.165, 1.54) is 25.7 Å². The highest BCUT2D eigenvalue weighted by Crippen LogP contribution is 2.29. The van der Waals surface area contributed by atoms with E-state index in [0.717, 1.165) is 17.2 Å². The lowest BCUT2D eigenvalue weighted by Crippen LogP contribution is -2.37. The van der Waals surface area contributed by atoms with Gasteiger partial charge in [-0.2, -0.15) is 11.8 Å². The van der Waals surface area contributed by atoms with Gasteiger partial charge in [0.1, 0.15) is 0 Å². The van der Waals surface area contributed by atoms with Crippen LogP contribution in [0.2, 0.25) is 0 Å². The first kappa shape index (κ1) is 16.3. The average molecular weight is 308 g/mol. The third-order valence-electron chi connectivity index (χ3n) is 4.29. The fourth-order valence-electron chi connectivity index (χ4n) is 3.10. The summed E-state index contributed by atoms with van der Waals surface area (Å²) in [7, 11) is 0. The zero-order chi connectivity index (χ0) is 15.2. The molecule has 0 aliphatic heterocycles. The van der Waals surface area contributed by atoms with Crippen LogP contribution in [-0.4, -0.2) is 22.5 Å². The first-order chi connectivity index (χ1) is 10.1. The molecule has 4 nitrogen and oxygen atoms in total. The van der Waals surface area contributed by atoms with Crippen molar-refractivity contribution in [3.63, 3.8) is 0 Å². The number of nitro benzene ring substituents is 1. The number of thioether (sulfide) groups is 1. The second-order valence-corrected chi connectivity index (χ2v) is 6.84. The van der Waals surface area contributed by atoms with Crippen LogP contribution in [0.4, 0.5) is 5.69 Å². The third-order valence-corrected chi connectivity index (χ3v) is 5.38. The van der Waals surface area contributed by atoms with Gasteiger partial charge in [-0.3, -0.25) is 10.1 Å². The maximum atomic E-state index is 10.9. The van der Waals surface area contributed by atoms with E-state index in [1.807, 2.05) is 17.8 Å². The van der Waals surface area contributed by atoms with E-state index < -0.39 is 0 Å². The van der Waals surface area contributed by atoms with Gasteiger partial charge in [-0.05, 0) is 37.5 Å². The predicted octanol–water partition coefficient (Wildman–Crippen LogP) is 4.31. The van der Waals surface area contributed by atoms with Crippen molar-refractivity contribution in [1.82, 2.24) is 5.32 Å². The highest BCUT2D eigenvalue weighted by Gasteiger charge is 2.24. The lowest BCUT2D eigenvalue weighted by Gasteiger charge is -2.32. The van der Waals surface area contributed by atoms with Crippen molar-refractivity contribution in [1.29, 1.82) is 0 Å². The number of nitrogens with one attached hydrogen (secondary N) is 1. The van der Waals surface area contributed by atoms with Gasteiger partial charge in [0.05, 0.1) is 4.92 Å². The molecule has 0 saturated heterocycles. The number of nitro groups is 1. The van der Waals surface area contributed by atoms with Gasteiger partial charge in [0.25, 0.3) is 5.69 Å². The van der Waals surface area contributed by atoms with Gasteiger partial charge in [-0.15, -0.1) is 0 Å². The van der Waals surface area contributed by atoms with Gasteiger partial charge < -0.3 is 5.32 Å². The number of nitrogens with zero attached hydrogens (tertiary/aromatic N) is 1. The summed E-state index contributed by atoms with van der Waals surface area (Å²) in [6.45, 7) is 2.13. The topological polar surface area (TPSA) is 55.2 Å². The second-order valence-electron chi connectivity index (χ2n) is 5.70. The highest BCUT2D eigenvalue weighted by atomic mass is 32.2. The SMILES string of the molecule is CCC(NC1CCCC(SC)C1)c1cccc([N+](=O)[O-])c1. The second kappa shape index (κ2) is 7.80. The maximum Gasteiger partial charge on any atom is 0.269 e. The number of benzene rings is 1. The summed E-state index contributed by atoms with van der Waals surface area (Å²) < 4.78 is 0. The zero-order valence-corrected chi connectivity index (χ0v) is 13.6. The van der Waals surface area contributed by atoms with Crippen LogP contribution in [-0.2, 0) is 0 Å². The van der Waals surface area contributed by atoms with Crippen LogP contribution in [0.5, 0.6) is 0 Å². The number of hydrogen-bond acceptors (Lipinski definition) is 4. The van der Waals surface area contributed by atoms with Crippen molar-refractivity contribution >= 4 is 17.4 Å². The van der Waals surface area contributed by atoms with Crippen LogP contribution in [0, 0.1) is 10.1 Å². The molecule has 1 aromatic carbocycles. The van der Waals surface area contributed by atoms with Crippen LogP contribution in [0.1, 0.15) is 50.6 Å². The molecule has 1 saturated carbocycles. The highest BCUT2D eigenvalue weighted by molar-refractivity contribution is 7.99. The van der Waals surface area contributed by atoms with E-state index in [-0.39, 0.29) is 16.7 Å². The Kier molecular flexibility index (Phi) is 6.06. The van der Waals surface area contributed by atoms with Gasteiger partial charge in [0.15, 0.2) is 0 Å². The Balaban J connectivity index is 2.05. The Morgan fingerprint density at radius 2 is 2.29 bits per heavy atom. The molecule has 1 aliphatic rings. The van der Waals surface area contributed by atoms with Gasteiger partial charge in [0, 0.05) is 29.5 Å². The molecule has 0 bridgehead atoms. The minimum atomic E-state index is -0.319. The number of hydrogen-bond donors (Lipinski definition) is 1. The molecular formula is C16H24N2O2S. The van der Waals surface area contributed by atoms with Gasteiger partial charge in [0.2, 0.25) is 0 Å². The maximum absolute atomic E-state index is 10.9. The van der Waals surface area contributed by atoms with Crippen LogP contribution in [0.25, 0.3) is 0 Å². The molecule has 0 radical (unpaired) electrons. The zero-order valence-electron chi connectivity index (χ0n) is 12.7. The molecule has 3 unspecified atom stereocenters. The number of rotatable bonds is 6. The van der Waals surface area contributed by atoms with Crippen LogP contribution in [0.15, 0.2) is 24.3 Å². The largest absolute Gasteiger partial charge is 0.307 e. The molecule has 2 rings (SSSR count). The lowest BCUT2D eigenvalue weighted by atomic mass is 9.93. The summed E-state index contributed by atoms with van der Waals surface area (Å²) in [5.41, 5.74) is 1.20. The van der Waals surface area contributed by atoms with Gasteiger partial charge >= 0.3 is 0 Å². The summed E-state index contributed by atoms with van der Waals surface area (Å²) in [5.74, 6) is 0. The molecule has 1 aliphatic carbocycles. The van der Waals surface area contributed by atoms with Crippen molar-refractivity contribution in [2.45, 2.75) is 56.4 Å². The summed E-state index contributed by atoms with van der Waals surface area (Å²) >= 11 is 1.96. The Morgan fingerprint density at radius 1 is 1.48 bits per heavy atom. The molecule has 0 heterocycles. The standard InChI is InChI=1S/C16H24N2O2S/c1-3-16(12-6-4-8-14(10-12)18(19)20)17-13-7-5-9-15(11-13)21-2/h4,6,8,10,13,15-17H,3,5,7,9,11H2,1-2H3. The molecule has 1 fully saturated rings. The smallest absolute Gasteiger partial charge is 0.269 e. The Hall–Kier alpha value is -1.07. The Bertz CT molecular complexity index is 481. The molecule has 1 aromatic rings. The normalized spacial score (nSPS) is 23.7. The summed E-state index contributed by atoms with van der Waals surface area (Å²) in [6, 6.07) is 7.76. The van der Waals surface area contributed by atoms with Crippen molar-refractivity contribution in [3.8, 4) is 0 Å². The first-order valence-electron chi connectivity index (χ1n) is 7.67. The fourth-order valence-corrected chi connectivity index (χ4v) is 3.93. The van der Waals surface area contributed by atoms with Crippen molar-refractivity contribution < 1.29 is 4.92 Å². The molecule has 0 aromatic heterocycles. The molecule has 1 N–H and O–H groups in total. The molecule has 0 spiro atoms. The van der Waals surface area contributed by atoms with Crippen molar-refractivity contribution in [3.05, 3.63) is 39.9 Å². The molecule has 116 valence electrons. The van der Waals surface area contributed by atoms with E-state index in [0.29, 0.717) is 6.04 Å². The predicted molar refractivity (Wildman–Crippen MR) is 88.8 cm³/mol. The van der Waals surface area contributed by atoms with Gasteiger partial charge in [-0.1, -0.05) is 25.5 Å². The minimum Gasteiger partial charge on any atom is -0.307 e.